The molecule has 0 spiro atoms. The predicted molar refractivity (Wildman–Crippen MR) is 57.2 cm³/mol. The molecule has 5 heteroatoms. The van der Waals surface area contributed by atoms with Gasteiger partial charge in [-0.2, -0.15) is 0 Å². The van der Waals surface area contributed by atoms with Crippen molar-refractivity contribution in [2.24, 2.45) is 0 Å². The molecule has 1 N–H and O–H groups in total. The van der Waals surface area contributed by atoms with E-state index in [-0.39, 0.29) is 11.9 Å². The highest BCUT2D eigenvalue weighted by Gasteiger charge is 2.21. The van der Waals surface area contributed by atoms with Gasteiger partial charge in [0.05, 0.1) is 6.20 Å². The lowest BCUT2D eigenvalue weighted by molar-refractivity contribution is 0.00884. The number of rotatable bonds is 1. The molecule has 1 aliphatic heterocycles. The first-order chi connectivity index (χ1) is 7.84. The van der Waals surface area contributed by atoms with Gasteiger partial charge in [0.25, 0.3) is 0 Å². The molecule has 3 heterocycles. The van der Waals surface area contributed by atoms with Crippen LogP contribution in [0.3, 0.4) is 0 Å². The number of nitrogens with zero attached hydrogens (tertiary/aromatic N) is 3. The van der Waals surface area contributed by atoms with E-state index in [0.29, 0.717) is 0 Å². The molecular weight excluding hydrogens is 206 g/mol. The Bertz CT molecular complexity index is 503. The maximum Gasteiger partial charge on any atom is 0.166 e. The summed E-state index contributed by atoms with van der Waals surface area (Å²) in [4.78, 5) is 0. The van der Waals surface area contributed by atoms with Gasteiger partial charge in [-0.05, 0) is 31.4 Å². The molecule has 1 unspecified atom stereocenters. The van der Waals surface area contributed by atoms with Crippen molar-refractivity contribution in [1.82, 2.24) is 14.6 Å². The first kappa shape index (κ1) is 9.59. The Balaban J connectivity index is 2.05. The van der Waals surface area contributed by atoms with Gasteiger partial charge in [0.15, 0.2) is 11.5 Å². The van der Waals surface area contributed by atoms with E-state index in [4.69, 9.17) is 4.74 Å². The van der Waals surface area contributed by atoms with E-state index in [0.717, 1.165) is 37.3 Å². The lowest BCUT2D eigenvalue weighted by Crippen LogP contribution is -2.14. The first-order valence-electron chi connectivity index (χ1n) is 5.50. The van der Waals surface area contributed by atoms with Crippen LogP contribution in [0, 0.1) is 0 Å². The smallest absolute Gasteiger partial charge is 0.166 e. The third-order valence-electron chi connectivity index (χ3n) is 2.88. The highest BCUT2D eigenvalue weighted by molar-refractivity contribution is 5.41. The summed E-state index contributed by atoms with van der Waals surface area (Å²) in [5.74, 6) is 0.995. The van der Waals surface area contributed by atoms with Crippen LogP contribution in [0.1, 0.15) is 31.2 Å². The van der Waals surface area contributed by atoms with Crippen LogP contribution in [0.15, 0.2) is 18.3 Å². The number of pyridine rings is 1. The van der Waals surface area contributed by atoms with Crippen molar-refractivity contribution in [2.75, 3.05) is 6.61 Å². The summed E-state index contributed by atoms with van der Waals surface area (Å²) in [5, 5.41) is 17.6. The monoisotopic (exact) mass is 219 g/mol. The Labute approximate surface area is 92.7 Å². The van der Waals surface area contributed by atoms with Crippen molar-refractivity contribution < 1.29 is 9.84 Å². The Hall–Kier alpha value is -1.62. The molecule has 2 aromatic heterocycles. The number of fused-ring (bicyclic) bond motifs is 1. The van der Waals surface area contributed by atoms with Crippen LogP contribution in [0.25, 0.3) is 5.65 Å². The minimum absolute atomic E-state index is 0.00514. The third kappa shape index (κ3) is 1.53. The summed E-state index contributed by atoms with van der Waals surface area (Å²) in [5.41, 5.74) is 0.738. The van der Waals surface area contributed by atoms with Crippen molar-refractivity contribution >= 4 is 5.65 Å². The summed E-state index contributed by atoms with van der Waals surface area (Å²) in [6, 6.07) is 3.35. The summed E-state index contributed by atoms with van der Waals surface area (Å²) in [6.07, 6.45) is 4.86. The second kappa shape index (κ2) is 3.75. The van der Waals surface area contributed by atoms with Gasteiger partial charge in [-0.3, -0.25) is 4.40 Å². The molecule has 0 aromatic carbocycles. The molecule has 3 rings (SSSR count). The fourth-order valence-corrected chi connectivity index (χ4v) is 2.06. The zero-order chi connectivity index (χ0) is 11.0. The van der Waals surface area contributed by atoms with Crippen molar-refractivity contribution in [3.8, 4) is 5.75 Å². The summed E-state index contributed by atoms with van der Waals surface area (Å²) in [7, 11) is 0. The van der Waals surface area contributed by atoms with Crippen molar-refractivity contribution in [3.63, 3.8) is 0 Å². The van der Waals surface area contributed by atoms with E-state index in [1.165, 1.54) is 0 Å². The molecule has 1 fully saturated rings. The van der Waals surface area contributed by atoms with Crippen molar-refractivity contribution in [3.05, 3.63) is 24.2 Å². The molecule has 1 atom stereocenters. The lowest BCUT2D eigenvalue weighted by atomic mass is 10.1. The molecule has 84 valence electrons. The molecule has 1 aliphatic rings. The average molecular weight is 219 g/mol. The van der Waals surface area contributed by atoms with Crippen LogP contribution in [0.4, 0.5) is 0 Å². The second-order valence-corrected chi connectivity index (χ2v) is 4.03. The molecule has 0 aliphatic carbocycles. The van der Waals surface area contributed by atoms with Gasteiger partial charge in [0.1, 0.15) is 11.9 Å². The van der Waals surface area contributed by atoms with E-state index >= 15 is 0 Å². The molecule has 0 radical (unpaired) electrons. The third-order valence-corrected chi connectivity index (χ3v) is 2.88. The normalized spacial score (nSPS) is 21.4. The number of aromatic hydroxyl groups is 1. The van der Waals surface area contributed by atoms with Gasteiger partial charge >= 0.3 is 0 Å². The average Bonchev–Trinajstić information content (AvgIpc) is 2.73. The lowest BCUT2D eigenvalue weighted by Gasteiger charge is -2.20. The van der Waals surface area contributed by atoms with Gasteiger partial charge < -0.3 is 9.84 Å². The quantitative estimate of drug-likeness (QED) is 0.792. The maximum absolute atomic E-state index is 9.45. The number of hydrogen-bond donors (Lipinski definition) is 1. The Morgan fingerprint density at radius 2 is 2.25 bits per heavy atom. The Morgan fingerprint density at radius 1 is 1.31 bits per heavy atom. The fraction of sp³-hybridized carbons (Fsp3) is 0.455. The molecule has 0 bridgehead atoms. The standard InChI is InChI=1S/C11H13N3O2/c15-8-4-5-10-12-13-11(14(10)7-8)9-3-1-2-6-16-9/h4-5,7,9,15H,1-3,6H2. The zero-order valence-corrected chi connectivity index (χ0v) is 8.83. The van der Waals surface area contributed by atoms with Crippen LogP contribution in [0.5, 0.6) is 5.75 Å². The van der Waals surface area contributed by atoms with Crippen molar-refractivity contribution in [2.45, 2.75) is 25.4 Å². The number of hydrogen-bond acceptors (Lipinski definition) is 4. The molecule has 16 heavy (non-hydrogen) atoms. The largest absolute Gasteiger partial charge is 0.506 e. The van der Waals surface area contributed by atoms with E-state index in [2.05, 4.69) is 10.2 Å². The number of aromatic nitrogens is 3. The summed E-state index contributed by atoms with van der Waals surface area (Å²) < 4.78 is 7.46. The summed E-state index contributed by atoms with van der Waals surface area (Å²) in [6.45, 7) is 0.776. The number of ether oxygens (including phenoxy) is 1. The minimum Gasteiger partial charge on any atom is -0.506 e. The van der Waals surface area contributed by atoms with Gasteiger partial charge in [0.2, 0.25) is 0 Å². The predicted octanol–water partition coefficient (Wildman–Crippen LogP) is 1.68. The molecular formula is C11H13N3O2. The highest BCUT2D eigenvalue weighted by Crippen LogP contribution is 2.27. The first-order valence-corrected chi connectivity index (χ1v) is 5.50. The van der Waals surface area contributed by atoms with Crippen LogP contribution >= 0.6 is 0 Å². The van der Waals surface area contributed by atoms with Gasteiger partial charge in [-0.1, -0.05) is 0 Å². The SMILES string of the molecule is Oc1ccc2nnc(C3CCCCO3)n2c1. The van der Waals surface area contributed by atoms with Crippen molar-refractivity contribution in [1.29, 1.82) is 0 Å². The van der Waals surface area contributed by atoms with E-state index in [1.54, 1.807) is 22.7 Å². The van der Waals surface area contributed by atoms with Gasteiger partial charge in [-0.15, -0.1) is 10.2 Å². The van der Waals surface area contributed by atoms with E-state index < -0.39 is 0 Å². The Morgan fingerprint density at radius 3 is 3.06 bits per heavy atom. The highest BCUT2D eigenvalue weighted by atomic mass is 16.5. The molecule has 0 saturated carbocycles. The Kier molecular flexibility index (Phi) is 2.25. The second-order valence-electron chi connectivity index (χ2n) is 4.03. The van der Waals surface area contributed by atoms with Gasteiger partial charge in [-0.25, -0.2) is 0 Å². The van der Waals surface area contributed by atoms with E-state index in [9.17, 15) is 5.11 Å². The van der Waals surface area contributed by atoms with Crippen LogP contribution < -0.4 is 0 Å². The maximum atomic E-state index is 9.45. The van der Waals surface area contributed by atoms with Gasteiger partial charge in [0, 0.05) is 6.61 Å². The molecule has 2 aromatic rings. The van der Waals surface area contributed by atoms with E-state index in [1.807, 2.05) is 0 Å². The minimum atomic E-state index is 0.00514. The topological polar surface area (TPSA) is 59.7 Å². The molecule has 1 saturated heterocycles. The van der Waals surface area contributed by atoms with Crippen LogP contribution in [0.2, 0.25) is 0 Å². The molecule has 0 amide bonds. The zero-order valence-electron chi connectivity index (χ0n) is 8.83. The van der Waals surface area contributed by atoms with Crippen LogP contribution in [-0.2, 0) is 4.74 Å². The molecule has 5 nitrogen and oxygen atoms in total. The summed E-state index contributed by atoms with van der Waals surface area (Å²) >= 11 is 0. The fourth-order valence-electron chi connectivity index (χ4n) is 2.06. The van der Waals surface area contributed by atoms with Crippen LogP contribution in [-0.4, -0.2) is 26.3 Å².